The maximum absolute atomic E-state index is 13.8. The van der Waals surface area contributed by atoms with Gasteiger partial charge in [0, 0.05) is 34.4 Å². The van der Waals surface area contributed by atoms with E-state index in [1.165, 1.54) is 4.90 Å². The number of amides is 2. The Morgan fingerprint density at radius 3 is 2.44 bits per heavy atom. The van der Waals surface area contributed by atoms with E-state index in [0.717, 1.165) is 90.1 Å². The molecule has 0 radical (unpaired) electrons. The molecule has 3 heterocycles. The van der Waals surface area contributed by atoms with Crippen molar-refractivity contribution >= 4 is 11.8 Å². The van der Waals surface area contributed by atoms with Gasteiger partial charge >= 0.3 is 0 Å². The zero-order valence-electron chi connectivity index (χ0n) is 25.7. The van der Waals surface area contributed by atoms with Crippen LogP contribution in [0.3, 0.4) is 0 Å². The summed E-state index contributed by atoms with van der Waals surface area (Å²) >= 11 is 0. The molecule has 5 rings (SSSR count). The van der Waals surface area contributed by atoms with Crippen LogP contribution in [-0.4, -0.2) is 94.5 Å². The fourth-order valence-corrected chi connectivity index (χ4v) is 8.65. The van der Waals surface area contributed by atoms with E-state index in [2.05, 4.69) is 10.6 Å². The predicted octanol–water partition coefficient (Wildman–Crippen LogP) is 0.992. The highest BCUT2D eigenvalue weighted by Crippen LogP contribution is 2.33. The first-order chi connectivity index (χ1) is 19.9. The van der Waals surface area contributed by atoms with Crippen molar-refractivity contribution in [1.29, 1.82) is 0 Å². The molecule has 5 N–H and O–H groups in total. The van der Waals surface area contributed by atoms with E-state index in [0.29, 0.717) is 30.9 Å². The largest absolute Gasteiger partial charge is 0.381 e. The van der Waals surface area contributed by atoms with Crippen LogP contribution in [0.4, 0.5) is 0 Å². The van der Waals surface area contributed by atoms with E-state index in [-0.39, 0.29) is 54.4 Å². The molecule has 10 heteroatoms. The maximum atomic E-state index is 13.8. The van der Waals surface area contributed by atoms with Gasteiger partial charge in [-0.15, -0.1) is 0 Å². The van der Waals surface area contributed by atoms with Gasteiger partial charge in [-0.05, 0) is 95.3 Å². The number of rotatable bonds is 10. The number of nitrogens with one attached hydrogen (secondary N) is 3. The molecule has 9 atom stereocenters. The van der Waals surface area contributed by atoms with Gasteiger partial charge in [-0.1, -0.05) is 0 Å². The van der Waals surface area contributed by atoms with Crippen molar-refractivity contribution in [3.63, 3.8) is 0 Å². The first-order valence-corrected chi connectivity index (χ1v) is 16.5. The lowest BCUT2D eigenvalue weighted by atomic mass is 9.79. The number of quaternary nitrogens is 1. The van der Waals surface area contributed by atoms with Crippen LogP contribution in [0.2, 0.25) is 0 Å². The van der Waals surface area contributed by atoms with Crippen LogP contribution >= 0.6 is 0 Å². The molecule has 2 amide bonds. The highest BCUT2D eigenvalue weighted by molar-refractivity contribution is 5.83. The molecule has 0 spiro atoms. The Labute approximate surface area is 246 Å². The lowest BCUT2D eigenvalue weighted by Gasteiger charge is -2.53. The lowest BCUT2D eigenvalue weighted by Crippen LogP contribution is -3.26. The molecule has 10 nitrogen and oxygen atoms in total. The number of nitrogens with zero attached hydrogens (tertiary/aromatic N) is 1. The Kier molecular flexibility index (Phi) is 11.0. The van der Waals surface area contributed by atoms with Gasteiger partial charge in [-0.2, -0.15) is 0 Å². The van der Waals surface area contributed by atoms with Gasteiger partial charge < -0.3 is 29.3 Å². The molecule has 9 unspecified atom stereocenters. The summed E-state index contributed by atoms with van der Waals surface area (Å²) in [7, 11) is 5.34. The Morgan fingerprint density at radius 1 is 0.951 bits per heavy atom. The monoisotopic (exact) mass is 578 g/mol. The van der Waals surface area contributed by atoms with Crippen molar-refractivity contribution in [2.75, 3.05) is 41.0 Å². The summed E-state index contributed by atoms with van der Waals surface area (Å²) in [4.78, 5) is 30.6. The summed E-state index contributed by atoms with van der Waals surface area (Å²) in [5, 5.41) is 7.08. The molecular formula is C31H56N5O5+. The summed E-state index contributed by atoms with van der Waals surface area (Å²) in [6.07, 6.45) is 13.7. The average molecular weight is 579 g/mol. The summed E-state index contributed by atoms with van der Waals surface area (Å²) in [6, 6.07) is 0. The summed E-state index contributed by atoms with van der Waals surface area (Å²) in [5.41, 5.74) is 6.98. The topological polar surface area (TPSA) is 120 Å². The Hall–Kier alpha value is -1.30. The van der Waals surface area contributed by atoms with E-state index in [9.17, 15) is 9.59 Å². The van der Waals surface area contributed by atoms with Crippen LogP contribution in [0.15, 0.2) is 0 Å². The number of hydrogen-bond acceptors (Lipinski definition) is 7. The van der Waals surface area contributed by atoms with Gasteiger partial charge in [0.15, 0.2) is 12.3 Å². The van der Waals surface area contributed by atoms with E-state index in [1.807, 2.05) is 4.90 Å². The fraction of sp³-hybridized carbons (Fsp3) is 0.935. The number of methoxy groups -OCH3 is 3. The van der Waals surface area contributed by atoms with Crippen molar-refractivity contribution in [3.8, 4) is 0 Å². The molecule has 3 aliphatic heterocycles. The minimum absolute atomic E-state index is 0.0210. The molecule has 234 valence electrons. The average Bonchev–Trinajstić information content (AvgIpc) is 3.00. The maximum Gasteiger partial charge on any atom is 0.234 e. The summed E-state index contributed by atoms with van der Waals surface area (Å²) in [5.74, 6) is 0.826. The fourth-order valence-electron chi connectivity index (χ4n) is 8.65. The smallest absolute Gasteiger partial charge is 0.234 e. The van der Waals surface area contributed by atoms with Crippen molar-refractivity contribution in [1.82, 2.24) is 15.5 Å². The standard InChI is InChI=1S/C31H55N5O5/c1-39-22-10-7-20(8-11-22)13-15-33-30(37)23-19-24-29(34-27-6-4-5-16-35(27)31(24)38)36(28(23)32)17-14-21-9-12-25(40-2)26(18-21)41-3/h20-29,34H,4-19,32H2,1-3H3,(H,33,37)/p+1. The van der Waals surface area contributed by atoms with Gasteiger partial charge in [0.05, 0.1) is 31.0 Å². The van der Waals surface area contributed by atoms with Crippen LogP contribution in [0.1, 0.15) is 83.5 Å². The molecule has 3 saturated heterocycles. The molecule has 0 aromatic heterocycles. The molecular weight excluding hydrogens is 522 g/mol. The van der Waals surface area contributed by atoms with E-state index < -0.39 is 0 Å². The van der Waals surface area contributed by atoms with Crippen molar-refractivity contribution in [2.24, 2.45) is 29.4 Å². The quantitative estimate of drug-likeness (QED) is 0.305. The number of carbonyl (C=O) groups excluding carboxylic acids is 2. The van der Waals surface area contributed by atoms with Crippen LogP contribution in [-0.2, 0) is 23.8 Å². The number of likely N-dealkylation sites (tertiary alicyclic amines) is 1. The zero-order valence-corrected chi connectivity index (χ0v) is 25.7. The molecule has 0 bridgehead atoms. The Morgan fingerprint density at radius 2 is 1.71 bits per heavy atom. The second kappa shape index (κ2) is 14.4. The molecule has 2 aliphatic carbocycles. The van der Waals surface area contributed by atoms with Crippen molar-refractivity contribution in [3.05, 3.63) is 0 Å². The molecule has 0 aromatic carbocycles. The Bertz CT molecular complexity index is 870. The summed E-state index contributed by atoms with van der Waals surface area (Å²) < 4.78 is 16.9. The minimum Gasteiger partial charge on any atom is -0.381 e. The predicted molar refractivity (Wildman–Crippen MR) is 156 cm³/mol. The highest BCUT2D eigenvalue weighted by atomic mass is 16.5. The van der Waals surface area contributed by atoms with Gasteiger partial charge in [0.1, 0.15) is 11.8 Å². The Balaban J connectivity index is 1.23. The SMILES string of the molecule is COC1CCC(CCNC(=O)C2CC3C(=O)N4CCCCC4NC3[NH+](CCC3CCC(OC)C(OC)C3)C2N)CC1. The highest BCUT2D eigenvalue weighted by Gasteiger charge is 2.55. The lowest BCUT2D eigenvalue weighted by molar-refractivity contribution is -0.965. The first kappa shape index (κ1) is 31.1. The van der Waals surface area contributed by atoms with Gasteiger partial charge in [-0.3, -0.25) is 15.3 Å². The van der Waals surface area contributed by atoms with Crippen LogP contribution in [0, 0.1) is 23.7 Å². The summed E-state index contributed by atoms with van der Waals surface area (Å²) in [6.45, 7) is 2.33. The van der Waals surface area contributed by atoms with E-state index >= 15 is 0 Å². The van der Waals surface area contributed by atoms with Crippen molar-refractivity contribution < 1.29 is 28.7 Å². The second-order valence-corrected chi connectivity index (χ2v) is 13.5. The van der Waals surface area contributed by atoms with Crippen LogP contribution < -0.4 is 21.3 Å². The molecule has 2 saturated carbocycles. The number of hydrogen-bond donors (Lipinski definition) is 4. The third-order valence-corrected chi connectivity index (χ3v) is 11.2. The molecule has 41 heavy (non-hydrogen) atoms. The number of fused-ring (bicyclic) bond motifs is 2. The van der Waals surface area contributed by atoms with Crippen LogP contribution in [0.5, 0.6) is 0 Å². The zero-order chi connectivity index (χ0) is 28.9. The molecule has 5 aliphatic rings. The molecule has 0 aromatic rings. The number of ether oxygens (including phenoxy) is 3. The second-order valence-electron chi connectivity index (χ2n) is 13.5. The minimum atomic E-state index is -0.362. The van der Waals surface area contributed by atoms with Crippen molar-refractivity contribution in [2.45, 2.75) is 120 Å². The third kappa shape index (κ3) is 7.10. The number of piperidine rings is 2. The van der Waals surface area contributed by atoms with Gasteiger partial charge in [-0.25, -0.2) is 5.32 Å². The first-order valence-electron chi connectivity index (χ1n) is 16.5. The van der Waals surface area contributed by atoms with Gasteiger partial charge in [0.2, 0.25) is 11.8 Å². The number of nitrogens with two attached hydrogens (primary N) is 1. The molecule has 5 fully saturated rings. The number of carbonyl (C=O) groups is 2. The van der Waals surface area contributed by atoms with Crippen LogP contribution in [0.25, 0.3) is 0 Å². The van der Waals surface area contributed by atoms with Gasteiger partial charge in [0.25, 0.3) is 0 Å². The van der Waals surface area contributed by atoms with E-state index in [1.54, 1.807) is 21.3 Å². The van der Waals surface area contributed by atoms with E-state index in [4.69, 9.17) is 19.9 Å². The normalized spacial score (nSPS) is 41.4. The third-order valence-electron chi connectivity index (χ3n) is 11.2.